The average molecular weight is 304 g/mol. The van der Waals surface area contributed by atoms with Gasteiger partial charge in [0.25, 0.3) is 0 Å². The number of halogens is 3. The Kier molecular flexibility index (Phi) is 6.48. The highest BCUT2D eigenvalue weighted by atomic mass is 19.4. The van der Waals surface area contributed by atoms with Gasteiger partial charge in [-0.3, -0.25) is 0 Å². The Hall–Kier alpha value is -1.76. The van der Waals surface area contributed by atoms with E-state index in [1.54, 1.807) is 6.92 Å². The Morgan fingerprint density at radius 3 is 2.38 bits per heavy atom. The van der Waals surface area contributed by atoms with Gasteiger partial charge in [-0.25, -0.2) is 4.79 Å². The Morgan fingerprint density at radius 2 is 1.90 bits per heavy atom. The summed E-state index contributed by atoms with van der Waals surface area (Å²) in [4.78, 5) is 13.1. The van der Waals surface area contributed by atoms with Gasteiger partial charge in [0.05, 0.1) is 12.2 Å². The lowest BCUT2D eigenvalue weighted by molar-refractivity contribution is -0.137. The number of aliphatic hydroxyl groups is 1. The fraction of sp³-hybridized carbons (Fsp3) is 0.500. The number of hydrogen-bond acceptors (Lipinski definition) is 2. The topological polar surface area (TPSA) is 52.6 Å². The van der Waals surface area contributed by atoms with Crippen molar-refractivity contribution in [3.63, 3.8) is 0 Å². The molecule has 0 aromatic heterocycles. The van der Waals surface area contributed by atoms with Gasteiger partial charge in [-0.2, -0.15) is 13.2 Å². The summed E-state index contributed by atoms with van der Waals surface area (Å²) >= 11 is 0. The van der Waals surface area contributed by atoms with Crippen LogP contribution in [0.25, 0.3) is 0 Å². The highest BCUT2D eigenvalue weighted by Crippen LogP contribution is 2.29. The number of carbonyl (C=O) groups is 1. The molecule has 4 nitrogen and oxygen atoms in total. The monoisotopic (exact) mass is 304 g/mol. The predicted octanol–water partition coefficient (Wildman–Crippen LogP) is 2.27. The van der Waals surface area contributed by atoms with Crippen LogP contribution in [0.2, 0.25) is 0 Å². The van der Waals surface area contributed by atoms with Crippen LogP contribution in [0.4, 0.5) is 18.0 Å². The molecule has 0 aliphatic heterocycles. The van der Waals surface area contributed by atoms with Gasteiger partial charge in [0.2, 0.25) is 0 Å². The van der Waals surface area contributed by atoms with Gasteiger partial charge in [0, 0.05) is 19.6 Å². The van der Waals surface area contributed by atoms with Gasteiger partial charge in [-0.15, -0.1) is 0 Å². The molecule has 0 atom stereocenters. The molecule has 0 unspecified atom stereocenters. The summed E-state index contributed by atoms with van der Waals surface area (Å²) < 4.78 is 37.2. The molecule has 2 N–H and O–H groups in total. The zero-order chi connectivity index (χ0) is 15.9. The number of carbonyl (C=O) groups excluding carboxylic acids is 1. The van der Waals surface area contributed by atoms with E-state index in [4.69, 9.17) is 5.11 Å². The third kappa shape index (κ3) is 5.63. The maximum absolute atomic E-state index is 12.4. The van der Waals surface area contributed by atoms with Crippen LogP contribution < -0.4 is 5.32 Å². The van der Waals surface area contributed by atoms with Gasteiger partial charge in [-0.05, 0) is 31.0 Å². The second kappa shape index (κ2) is 7.87. The van der Waals surface area contributed by atoms with Crippen LogP contribution in [0, 0.1) is 0 Å². The van der Waals surface area contributed by atoms with Gasteiger partial charge >= 0.3 is 12.2 Å². The minimum absolute atomic E-state index is 0.111. The molecule has 0 heterocycles. The number of rotatable bonds is 6. The van der Waals surface area contributed by atoms with E-state index in [1.807, 2.05) is 0 Å². The van der Waals surface area contributed by atoms with Crippen LogP contribution in [-0.2, 0) is 12.6 Å². The van der Waals surface area contributed by atoms with Gasteiger partial charge in [0.1, 0.15) is 0 Å². The van der Waals surface area contributed by atoms with E-state index in [2.05, 4.69) is 5.32 Å². The average Bonchev–Trinajstić information content (AvgIpc) is 2.44. The second-order valence-corrected chi connectivity index (χ2v) is 4.48. The van der Waals surface area contributed by atoms with Gasteiger partial charge in [0.15, 0.2) is 0 Å². The minimum atomic E-state index is -4.33. The standard InChI is InChI=1S/C14H19F3N2O2/c1-2-19(9-10-20)13(21)18-8-7-11-3-5-12(6-4-11)14(15,16)17/h3-6,20H,2,7-10H2,1H3,(H,18,21). The smallest absolute Gasteiger partial charge is 0.395 e. The Morgan fingerprint density at radius 1 is 1.29 bits per heavy atom. The normalized spacial score (nSPS) is 11.3. The number of nitrogens with zero attached hydrogens (tertiary/aromatic N) is 1. The molecule has 7 heteroatoms. The maximum Gasteiger partial charge on any atom is 0.416 e. The van der Waals surface area contributed by atoms with E-state index >= 15 is 0 Å². The fourth-order valence-corrected chi connectivity index (χ4v) is 1.81. The van der Waals surface area contributed by atoms with Crippen LogP contribution in [0.5, 0.6) is 0 Å². The Balaban J connectivity index is 2.44. The van der Waals surface area contributed by atoms with E-state index in [-0.39, 0.29) is 19.2 Å². The van der Waals surface area contributed by atoms with Crippen LogP contribution in [0.15, 0.2) is 24.3 Å². The molecule has 1 rings (SSSR count). The molecule has 2 amide bonds. The first kappa shape index (κ1) is 17.3. The van der Waals surface area contributed by atoms with Crippen molar-refractivity contribution in [1.82, 2.24) is 10.2 Å². The van der Waals surface area contributed by atoms with Crippen molar-refractivity contribution in [2.24, 2.45) is 0 Å². The molecule has 0 bridgehead atoms. The summed E-state index contributed by atoms with van der Waals surface area (Å²) in [6, 6.07) is 4.57. The summed E-state index contributed by atoms with van der Waals surface area (Å²) in [6.07, 6.45) is -3.89. The first-order chi connectivity index (χ1) is 9.88. The largest absolute Gasteiger partial charge is 0.416 e. The van der Waals surface area contributed by atoms with E-state index in [0.29, 0.717) is 25.1 Å². The number of alkyl halides is 3. The molecule has 0 saturated carbocycles. The molecular formula is C14H19F3N2O2. The lowest BCUT2D eigenvalue weighted by Gasteiger charge is -2.20. The second-order valence-electron chi connectivity index (χ2n) is 4.48. The first-order valence-corrected chi connectivity index (χ1v) is 6.68. The number of nitrogens with one attached hydrogen (secondary N) is 1. The lowest BCUT2D eigenvalue weighted by Crippen LogP contribution is -2.42. The molecule has 0 aliphatic rings. The molecule has 21 heavy (non-hydrogen) atoms. The van der Waals surface area contributed by atoms with Crippen molar-refractivity contribution in [1.29, 1.82) is 0 Å². The molecule has 0 spiro atoms. The Bertz CT molecular complexity index is 447. The SMILES string of the molecule is CCN(CCO)C(=O)NCCc1ccc(C(F)(F)F)cc1. The number of likely N-dealkylation sites (N-methyl/N-ethyl adjacent to an activating group) is 1. The van der Waals surface area contributed by atoms with E-state index in [1.165, 1.54) is 17.0 Å². The Labute approximate surface area is 121 Å². The number of hydrogen-bond donors (Lipinski definition) is 2. The minimum Gasteiger partial charge on any atom is -0.395 e. The van der Waals surface area contributed by atoms with Crippen molar-refractivity contribution in [3.8, 4) is 0 Å². The number of aliphatic hydroxyl groups excluding tert-OH is 1. The van der Waals surface area contributed by atoms with Crippen molar-refractivity contribution in [2.75, 3.05) is 26.2 Å². The molecule has 0 saturated heterocycles. The van der Waals surface area contributed by atoms with Gasteiger partial charge in [-0.1, -0.05) is 12.1 Å². The summed E-state index contributed by atoms with van der Waals surface area (Å²) in [6.45, 7) is 2.74. The molecule has 118 valence electrons. The highest BCUT2D eigenvalue weighted by Gasteiger charge is 2.29. The van der Waals surface area contributed by atoms with Crippen molar-refractivity contribution >= 4 is 6.03 Å². The van der Waals surface area contributed by atoms with Crippen molar-refractivity contribution < 1.29 is 23.1 Å². The maximum atomic E-state index is 12.4. The summed E-state index contributed by atoms with van der Waals surface area (Å²) in [7, 11) is 0. The quantitative estimate of drug-likeness (QED) is 0.847. The lowest BCUT2D eigenvalue weighted by atomic mass is 10.1. The van der Waals surface area contributed by atoms with Crippen molar-refractivity contribution in [2.45, 2.75) is 19.5 Å². The summed E-state index contributed by atoms with van der Waals surface area (Å²) in [5.74, 6) is 0. The van der Waals surface area contributed by atoms with E-state index in [9.17, 15) is 18.0 Å². The number of amides is 2. The predicted molar refractivity (Wildman–Crippen MR) is 72.9 cm³/mol. The van der Waals surface area contributed by atoms with Crippen molar-refractivity contribution in [3.05, 3.63) is 35.4 Å². The molecule has 1 aromatic rings. The van der Waals surface area contributed by atoms with Gasteiger partial charge < -0.3 is 15.3 Å². The highest BCUT2D eigenvalue weighted by molar-refractivity contribution is 5.74. The van der Waals surface area contributed by atoms with Crippen LogP contribution in [0.1, 0.15) is 18.1 Å². The van der Waals surface area contributed by atoms with Crippen LogP contribution >= 0.6 is 0 Å². The summed E-state index contributed by atoms with van der Waals surface area (Å²) in [5, 5.41) is 11.5. The molecular weight excluding hydrogens is 285 g/mol. The molecule has 0 radical (unpaired) electrons. The van der Waals surface area contributed by atoms with Crippen LogP contribution in [0.3, 0.4) is 0 Å². The molecule has 0 fully saturated rings. The first-order valence-electron chi connectivity index (χ1n) is 6.68. The fourth-order valence-electron chi connectivity index (χ4n) is 1.81. The van der Waals surface area contributed by atoms with E-state index < -0.39 is 11.7 Å². The number of benzene rings is 1. The molecule has 1 aromatic carbocycles. The zero-order valence-corrected chi connectivity index (χ0v) is 11.8. The van der Waals surface area contributed by atoms with E-state index in [0.717, 1.165) is 12.1 Å². The zero-order valence-electron chi connectivity index (χ0n) is 11.8. The number of urea groups is 1. The third-order valence-electron chi connectivity index (χ3n) is 3.01. The summed E-state index contributed by atoms with van der Waals surface area (Å²) in [5.41, 5.74) is 0.0314. The van der Waals surface area contributed by atoms with Crippen LogP contribution in [-0.4, -0.2) is 42.3 Å². The molecule has 0 aliphatic carbocycles. The third-order valence-corrected chi connectivity index (χ3v) is 3.01.